The predicted molar refractivity (Wildman–Crippen MR) is 132 cm³/mol. The SMILES string of the molecule is CC(=O)N(c1ccc(C(C)C)cc1)C1CSC(=Nc2cc(OC(C)C)c(Cl)cc2F)N1C. The van der Waals surface area contributed by atoms with Gasteiger partial charge in [-0.15, -0.1) is 0 Å². The summed E-state index contributed by atoms with van der Waals surface area (Å²) in [4.78, 5) is 20.7. The van der Waals surface area contributed by atoms with Crippen molar-refractivity contribution in [3.8, 4) is 5.75 Å². The Kier molecular flexibility index (Phi) is 7.72. The van der Waals surface area contributed by atoms with Gasteiger partial charge in [-0.25, -0.2) is 9.38 Å². The molecule has 8 heteroatoms. The molecule has 0 spiro atoms. The van der Waals surface area contributed by atoms with Crippen molar-refractivity contribution in [3.63, 3.8) is 0 Å². The summed E-state index contributed by atoms with van der Waals surface area (Å²) in [5.74, 6) is 0.832. The average Bonchev–Trinajstić information content (AvgIpc) is 3.06. The molecule has 2 aromatic rings. The van der Waals surface area contributed by atoms with Gasteiger partial charge in [-0.3, -0.25) is 9.69 Å². The normalized spacial score (nSPS) is 17.5. The zero-order chi connectivity index (χ0) is 23.6. The van der Waals surface area contributed by atoms with Gasteiger partial charge in [0, 0.05) is 31.5 Å². The Morgan fingerprint density at radius 2 is 1.91 bits per heavy atom. The van der Waals surface area contributed by atoms with Crippen molar-refractivity contribution >= 4 is 45.8 Å². The first-order chi connectivity index (χ1) is 15.1. The fourth-order valence-corrected chi connectivity index (χ4v) is 4.84. The van der Waals surface area contributed by atoms with Gasteiger partial charge in [-0.2, -0.15) is 0 Å². The first-order valence-electron chi connectivity index (χ1n) is 10.6. The van der Waals surface area contributed by atoms with Crippen molar-refractivity contribution in [2.24, 2.45) is 4.99 Å². The maximum absolute atomic E-state index is 14.6. The molecule has 0 radical (unpaired) electrons. The molecule has 1 aliphatic heterocycles. The van der Waals surface area contributed by atoms with Crippen LogP contribution in [0.3, 0.4) is 0 Å². The lowest BCUT2D eigenvalue weighted by molar-refractivity contribution is -0.117. The van der Waals surface area contributed by atoms with E-state index in [4.69, 9.17) is 16.3 Å². The molecule has 0 aliphatic carbocycles. The number of rotatable bonds is 6. The first kappa shape index (κ1) is 24.4. The fraction of sp³-hybridized carbons (Fsp3) is 0.417. The van der Waals surface area contributed by atoms with Crippen molar-refractivity contribution in [3.05, 3.63) is 52.8 Å². The minimum Gasteiger partial charge on any atom is -0.489 e. The zero-order valence-electron chi connectivity index (χ0n) is 19.2. The molecule has 0 aromatic heterocycles. The topological polar surface area (TPSA) is 45.1 Å². The van der Waals surface area contributed by atoms with E-state index in [2.05, 4.69) is 18.8 Å². The minimum absolute atomic E-state index is 0.0636. The van der Waals surface area contributed by atoms with Gasteiger partial charge in [0.15, 0.2) is 11.0 Å². The highest BCUT2D eigenvalue weighted by Crippen LogP contribution is 2.36. The summed E-state index contributed by atoms with van der Waals surface area (Å²) < 4.78 is 20.2. The highest BCUT2D eigenvalue weighted by Gasteiger charge is 2.34. The Bertz CT molecular complexity index is 1010. The number of nitrogens with zero attached hydrogens (tertiary/aromatic N) is 3. The van der Waals surface area contributed by atoms with Crippen molar-refractivity contribution < 1.29 is 13.9 Å². The van der Waals surface area contributed by atoms with Crippen LogP contribution in [0.15, 0.2) is 41.4 Å². The van der Waals surface area contributed by atoms with Gasteiger partial charge >= 0.3 is 0 Å². The minimum atomic E-state index is -0.524. The lowest BCUT2D eigenvalue weighted by Gasteiger charge is -2.33. The van der Waals surface area contributed by atoms with Crippen LogP contribution < -0.4 is 9.64 Å². The molecule has 1 heterocycles. The van der Waals surface area contributed by atoms with E-state index in [0.717, 1.165) is 5.69 Å². The second kappa shape index (κ2) is 10.1. The van der Waals surface area contributed by atoms with E-state index in [-0.39, 0.29) is 28.9 Å². The number of aliphatic imine (C=N–C) groups is 1. The molecule has 1 atom stereocenters. The second-order valence-electron chi connectivity index (χ2n) is 8.33. The highest BCUT2D eigenvalue weighted by molar-refractivity contribution is 8.14. The number of hydrogen-bond donors (Lipinski definition) is 0. The van der Waals surface area contributed by atoms with Crippen LogP contribution in [0.5, 0.6) is 5.75 Å². The Balaban J connectivity index is 1.89. The standard InChI is InChI=1S/C24H29ClFN3O2S/c1-14(2)17-7-9-18(10-8-17)29(16(5)30)23-13-32-24(28(23)6)27-21-12-22(31-15(3)4)19(25)11-20(21)26/h7-12,14-15,23H,13H2,1-6H3. The van der Waals surface area contributed by atoms with E-state index < -0.39 is 5.82 Å². The molecule has 172 valence electrons. The number of amidine groups is 1. The molecule has 5 nitrogen and oxygen atoms in total. The van der Waals surface area contributed by atoms with Gasteiger partial charge in [-0.05, 0) is 43.5 Å². The summed E-state index contributed by atoms with van der Waals surface area (Å²) in [6.07, 6.45) is -0.333. The Labute approximate surface area is 198 Å². The highest BCUT2D eigenvalue weighted by atomic mass is 35.5. The van der Waals surface area contributed by atoms with Crippen LogP contribution in [0.4, 0.5) is 15.8 Å². The first-order valence-corrected chi connectivity index (χ1v) is 11.9. The van der Waals surface area contributed by atoms with Gasteiger partial charge in [0.2, 0.25) is 5.91 Å². The third-order valence-electron chi connectivity index (χ3n) is 5.17. The van der Waals surface area contributed by atoms with Crippen molar-refractivity contribution in [2.45, 2.75) is 52.8 Å². The average molecular weight is 478 g/mol. The number of amides is 1. The van der Waals surface area contributed by atoms with Crippen molar-refractivity contribution in [1.82, 2.24) is 4.90 Å². The van der Waals surface area contributed by atoms with Gasteiger partial charge in [0.25, 0.3) is 0 Å². The summed E-state index contributed by atoms with van der Waals surface area (Å²) in [7, 11) is 1.86. The van der Waals surface area contributed by atoms with Crippen LogP contribution in [-0.4, -0.2) is 41.0 Å². The molecule has 32 heavy (non-hydrogen) atoms. The third kappa shape index (κ3) is 5.38. The molecule has 2 aromatic carbocycles. The largest absolute Gasteiger partial charge is 0.489 e. The molecule has 0 bridgehead atoms. The number of carbonyl (C=O) groups is 1. The van der Waals surface area contributed by atoms with Gasteiger partial charge in [0.1, 0.15) is 17.6 Å². The third-order valence-corrected chi connectivity index (χ3v) is 6.56. The fourth-order valence-electron chi connectivity index (χ4n) is 3.48. The van der Waals surface area contributed by atoms with Crippen LogP contribution >= 0.6 is 23.4 Å². The van der Waals surface area contributed by atoms with E-state index in [1.54, 1.807) is 11.8 Å². The van der Waals surface area contributed by atoms with E-state index in [1.807, 2.05) is 50.1 Å². The molecule has 3 rings (SSSR count). The van der Waals surface area contributed by atoms with Crippen molar-refractivity contribution in [1.29, 1.82) is 0 Å². The monoisotopic (exact) mass is 477 g/mol. The number of halogens is 2. The van der Waals surface area contributed by atoms with Gasteiger partial charge < -0.3 is 9.64 Å². The van der Waals surface area contributed by atoms with Crippen LogP contribution in [0.25, 0.3) is 0 Å². The van der Waals surface area contributed by atoms with Gasteiger partial charge in [-0.1, -0.05) is 49.3 Å². The molecular formula is C24H29ClFN3O2S. The van der Waals surface area contributed by atoms with Gasteiger partial charge in [0.05, 0.1) is 11.1 Å². The van der Waals surface area contributed by atoms with Crippen LogP contribution in [0, 0.1) is 5.82 Å². The zero-order valence-corrected chi connectivity index (χ0v) is 20.8. The summed E-state index contributed by atoms with van der Waals surface area (Å²) >= 11 is 7.59. The molecule has 1 aliphatic rings. The van der Waals surface area contributed by atoms with E-state index >= 15 is 0 Å². The molecule has 1 saturated heterocycles. The summed E-state index contributed by atoms with van der Waals surface area (Å²) in [5, 5.41) is 0.829. The maximum Gasteiger partial charge on any atom is 0.225 e. The van der Waals surface area contributed by atoms with Crippen LogP contribution in [0.1, 0.15) is 46.1 Å². The van der Waals surface area contributed by atoms with Crippen LogP contribution in [0.2, 0.25) is 5.02 Å². The lowest BCUT2D eigenvalue weighted by atomic mass is 10.0. The van der Waals surface area contributed by atoms with E-state index in [1.165, 1.54) is 29.5 Å². The van der Waals surface area contributed by atoms with Crippen molar-refractivity contribution in [2.75, 3.05) is 17.7 Å². The molecular weight excluding hydrogens is 449 g/mol. The Morgan fingerprint density at radius 1 is 1.25 bits per heavy atom. The smallest absolute Gasteiger partial charge is 0.225 e. The number of carbonyl (C=O) groups excluding carboxylic acids is 1. The molecule has 1 fully saturated rings. The molecule has 1 unspecified atom stereocenters. The number of benzene rings is 2. The summed E-state index contributed by atoms with van der Waals surface area (Å²) in [6.45, 7) is 9.57. The number of ether oxygens (including phenoxy) is 1. The predicted octanol–water partition coefficient (Wildman–Crippen LogP) is 6.44. The molecule has 1 amide bonds. The quantitative estimate of drug-likeness (QED) is 0.480. The van der Waals surface area contributed by atoms with Crippen LogP contribution in [-0.2, 0) is 4.79 Å². The maximum atomic E-state index is 14.6. The molecule has 0 saturated carbocycles. The van der Waals surface area contributed by atoms with E-state index in [0.29, 0.717) is 22.6 Å². The lowest BCUT2D eigenvalue weighted by Crippen LogP contribution is -2.48. The molecule has 0 N–H and O–H groups in total. The Morgan fingerprint density at radius 3 is 2.47 bits per heavy atom. The van der Waals surface area contributed by atoms with E-state index in [9.17, 15) is 9.18 Å². The number of hydrogen-bond acceptors (Lipinski definition) is 4. The Hall–Kier alpha value is -2.25. The number of thioether (sulfide) groups is 1. The number of anilines is 1. The summed E-state index contributed by atoms with van der Waals surface area (Å²) in [5.41, 5.74) is 2.19. The second-order valence-corrected chi connectivity index (χ2v) is 9.73. The summed E-state index contributed by atoms with van der Waals surface area (Å²) in [6, 6.07) is 10.8.